The minimum atomic E-state index is -3.22. The van der Waals surface area contributed by atoms with Gasteiger partial charge in [-0.15, -0.1) is 0 Å². The van der Waals surface area contributed by atoms with E-state index in [1.165, 1.54) is 17.2 Å². The number of halogens is 7. The molecule has 12 rings (SSSR count). The molecule has 3 heterocycles. The largest absolute Gasteiger partial charge is 0.497 e. The first kappa shape index (κ1) is 99.0. The Morgan fingerprint density at radius 3 is 1.21 bits per heavy atom. The van der Waals surface area contributed by atoms with Crippen LogP contribution in [0.4, 0.5) is 5.69 Å². The number of carbonyl (C=O) groups excluding carboxylic acids is 1. The third-order valence-corrected chi connectivity index (χ3v) is 17.8. The Kier molecular flexibility index (Phi) is 40.7. The lowest BCUT2D eigenvalue weighted by atomic mass is 9.86. The summed E-state index contributed by atoms with van der Waals surface area (Å²) in [6, 6.07) is 65.3. The van der Waals surface area contributed by atoms with Gasteiger partial charge in [0.05, 0.1) is 71.3 Å². The minimum Gasteiger partial charge on any atom is -0.497 e. The van der Waals surface area contributed by atoms with Gasteiger partial charge in [0.1, 0.15) is 50.6 Å². The van der Waals surface area contributed by atoms with Gasteiger partial charge in [-0.3, -0.25) is 14.2 Å². The first-order valence-corrected chi connectivity index (χ1v) is 45.1. The van der Waals surface area contributed by atoms with Crippen molar-refractivity contribution < 1.29 is 56.6 Å². The molecule has 12 aromatic rings. The van der Waals surface area contributed by atoms with Crippen LogP contribution in [0.2, 0.25) is 10.3 Å². The van der Waals surface area contributed by atoms with E-state index < -0.39 is 20.4 Å². The predicted molar refractivity (Wildman–Crippen MR) is 490 cm³/mol. The van der Waals surface area contributed by atoms with Crippen molar-refractivity contribution in [1.29, 1.82) is 0 Å². The van der Waals surface area contributed by atoms with E-state index in [0.29, 0.717) is 38.5 Å². The fourth-order valence-electron chi connectivity index (χ4n) is 11.4. The molecule has 0 unspecified atom stereocenters. The van der Waals surface area contributed by atoms with E-state index in [9.17, 15) is 18.9 Å². The van der Waals surface area contributed by atoms with Gasteiger partial charge in [-0.1, -0.05) is 112 Å². The molecule has 2 N–H and O–H groups in total. The molecule has 118 heavy (non-hydrogen) atoms. The number of rotatable bonds is 18. The Morgan fingerprint density at radius 2 is 0.873 bits per heavy atom. The van der Waals surface area contributed by atoms with E-state index in [1.807, 2.05) is 205 Å². The zero-order chi connectivity index (χ0) is 87.7. The number of aromatic carboxylic acids is 1. The number of benzene rings is 9. The summed E-state index contributed by atoms with van der Waals surface area (Å²) in [5.41, 5.74) is 11.5. The van der Waals surface area contributed by atoms with E-state index in [4.69, 9.17) is 72.2 Å². The van der Waals surface area contributed by atoms with Crippen molar-refractivity contribution in [2.75, 3.05) is 48.6 Å². The minimum absolute atomic E-state index is 0.0833. The second-order valence-corrected chi connectivity index (χ2v) is 37.9. The summed E-state index contributed by atoms with van der Waals surface area (Å²) < 4.78 is 55.8. The average molecular weight is 1780 g/mol. The Bertz CT molecular complexity index is 5290. The van der Waals surface area contributed by atoms with E-state index >= 15 is 0 Å². The maximum atomic E-state index is 12.3. The van der Waals surface area contributed by atoms with Gasteiger partial charge in [0, 0.05) is 73.0 Å². The van der Waals surface area contributed by atoms with Gasteiger partial charge in [-0.2, -0.15) is 0 Å². The molecule has 0 saturated heterocycles. The van der Waals surface area contributed by atoms with Crippen LogP contribution in [0, 0.1) is 26.3 Å². The number of carboxylic acids is 1. The maximum absolute atomic E-state index is 12.3. The molecule has 9 aromatic carbocycles. The molecule has 27 heteroatoms. The highest BCUT2D eigenvalue weighted by molar-refractivity contribution is 8.26. The fraction of sp³-hybridized carbons (Fsp3) is 0.275. The van der Waals surface area contributed by atoms with Gasteiger partial charge in [-0.05, 0) is 303 Å². The fourth-order valence-corrected chi connectivity index (χ4v) is 12.0. The molecule has 0 aliphatic heterocycles. The van der Waals surface area contributed by atoms with Gasteiger partial charge in [0.15, 0.2) is 5.69 Å². The summed E-state index contributed by atoms with van der Waals surface area (Å²) in [4.78, 5) is 52.1. The molecule has 3 aromatic heterocycles. The molecule has 0 saturated carbocycles. The highest BCUT2D eigenvalue weighted by atomic mass is 36.0. The summed E-state index contributed by atoms with van der Waals surface area (Å²) in [6.45, 7) is 34.9. The number of aromatic amines is 1. The van der Waals surface area contributed by atoms with Crippen molar-refractivity contribution in [3.8, 4) is 74.0 Å². The number of carboxylic acid groups (broad SMARTS) is 1. The number of nitrogens with one attached hydrogen (secondary N) is 1. The lowest BCUT2D eigenvalue weighted by Crippen LogP contribution is -2.30. The number of pyridine rings is 3. The summed E-state index contributed by atoms with van der Waals surface area (Å²) in [5, 5.41) is 11.8. The van der Waals surface area contributed by atoms with E-state index in [1.54, 1.807) is 66.7 Å². The number of ether oxygens (including phenoxy) is 7. The van der Waals surface area contributed by atoms with Crippen LogP contribution in [0.1, 0.15) is 119 Å². The average Bonchev–Trinajstić information content (AvgIpc) is 0.801. The highest BCUT2D eigenvalue weighted by Crippen LogP contribution is 2.61. The van der Waals surface area contributed by atoms with Crippen molar-refractivity contribution in [2.24, 2.45) is 5.92 Å². The van der Waals surface area contributed by atoms with Crippen LogP contribution in [-0.2, 0) is 25.6 Å². The Labute approximate surface area is 727 Å². The lowest BCUT2D eigenvalue weighted by Gasteiger charge is -2.19. The van der Waals surface area contributed by atoms with Crippen LogP contribution in [0.15, 0.2) is 211 Å². The van der Waals surface area contributed by atoms with Gasteiger partial charge >= 0.3 is 11.2 Å². The van der Waals surface area contributed by atoms with Crippen LogP contribution < -0.4 is 38.7 Å². The Hall–Kier alpha value is -9.55. The Balaban J connectivity index is 0.000000251. The number of methoxy groups -OCH3 is 5. The number of H-pyrrole nitrogens is 1. The number of hydrogen-bond donors (Lipinski definition) is 2. The molecule has 0 radical (unpaired) electrons. The summed E-state index contributed by atoms with van der Waals surface area (Å²) in [6.07, 6.45) is 1.40. The lowest BCUT2D eigenvalue weighted by molar-refractivity contribution is 0.0694. The molecule has 0 fully saturated rings. The number of aryl methyl sites for hydroxylation is 2. The number of fused-ring (bicyclic) bond motifs is 3. The van der Waals surface area contributed by atoms with Crippen LogP contribution in [-0.4, -0.2) is 102 Å². The molecule has 0 atom stereocenters. The molecule has 0 aliphatic carbocycles. The van der Waals surface area contributed by atoms with Gasteiger partial charge in [-0.25, -0.2) is 23.8 Å². The summed E-state index contributed by atoms with van der Waals surface area (Å²) >= 11 is 26.5. The molecule has 0 aliphatic rings. The number of amides is 1. The Morgan fingerprint density at radius 1 is 0.525 bits per heavy atom. The molecule has 626 valence electrons. The van der Waals surface area contributed by atoms with Crippen LogP contribution in [0.3, 0.4) is 0 Å². The number of aromatic nitrogens is 3. The molecule has 1 amide bonds. The number of hydrogen-bond acceptors (Lipinski definition) is 14. The summed E-state index contributed by atoms with van der Waals surface area (Å²) in [5.74, 6) is 5.36. The normalized spacial score (nSPS) is 10.7. The summed E-state index contributed by atoms with van der Waals surface area (Å²) in [7, 11) is 15.5. The SMILES string of the molecule is CCN(CC)C(=O)c1ccc(OC)cc1C.COc1ccc(C(=O)O)c(C)c1.COc1ccc2c(=O)[nH]c(-c3ccc(C(C)(C)C)cc3)cc2c1.COc1ccc2c(Cl)nc(-c3ccc(OC(C)C)cc3)cc2c1.COc1ccc2c(Cl)nc(-c3ccc(OC(C)C)cc3)cc2c1.O=P(Cl)(Cl)Cl.O=S(Cl)Cl.[C-]#[N+]c1ccc(CC(C)C)cc1. The van der Waals surface area contributed by atoms with Crippen molar-refractivity contribution in [3.63, 3.8) is 0 Å². The van der Waals surface area contributed by atoms with Crippen molar-refractivity contribution in [2.45, 2.75) is 114 Å². The number of nitrogens with zero attached hydrogens (tertiary/aromatic N) is 4. The van der Waals surface area contributed by atoms with Gasteiger partial charge < -0.3 is 48.1 Å². The standard InChI is InChI=1S/C20H21NO2.2C19H18ClNO2.C13H19NO2.C11H13N.C9H10O3.Cl3OP.Cl2OS/c1-20(2,3)15-7-5-13(6-8-15)18-12-14-11-16(23-4)9-10-17(14)19(22)21-18;2*1-12(2)23-15-6-4-13(5-7-15)18-11-14-10-16(22-3)8-9-17(14)19(20)21-18;1-5-14(6-2)13(15)12-8-7-11(16-4)9-10(12)3;1-9(2)8-10-4-6-11(12-3)7-5-10;1-6-5-7(12-2)3-4-8(6)9(10)11;1-5(2,3)4;1-4(2)3/h5-12H,1-4H3,(H,21,22);2*4-12H,1-3H3;7-9H,5-6H2,1-4H3;4-7,9H,8H2,1-2H3;3-5H,1-2H3,(H,10,11);;. The molecular weight excluding hydrogens is 1680 g/mol. The predicted octanol–water partition coefficient (Wildman–Crippen LogP) is 26.7. The topological polar surface area (TPSA) is 219 Å². The molecular formula is C91H99Cl7N5O13PS. The van der Waals surface area contributed by atoms with Gasteiger partial charge in [0.2, 0.25) is 9.23 Å². The highest BCUT2D eigenvalue weighted by Gasteiger charge is 2.18. The van der Waals surface area contributed by atoms with E-state index in [2.05, 4.69) is 134 Å². The second-order valence-electron chi connectivity index (χ2n) is 28.0. The zero-order valence-electron chi connectivity index (χ0n) is 69.1. The third kappa shape index (κ3) is 33.0. The van der Waals surface area contributed by atoms with Crippen LogP contribution >= 0.6 is 83.5 Å². The van der Waals surface area contributed by atoms with E-state index in [-0.39, 0.29) is 29.1 Å². The monoisotopic (exact) mass is 1780 g/mol. The quantitative estimate of drug-likeness (QED) is 0.0353. The molecule has 0 spiro atoms. The molecule has 18 nitrogen and oxygen atoms in total. The molecule has 0 bridgehead atoms. The van der Waals surface area contributed by atoms with Gasteiger partial charge in [0.25, 0.3) is 11.5 Å². The smallest absolute Gasteiger partial charge is 0.339 e. The van der Waals surface area contributed by atoms with Crippen molar-refractivity contribution in [1.82, 2.24) is 19.9 Å². The maximum Gasteiger partial charge on any atom is 0.339 e. The van der Waals surface area contributed by atoms with Crippen LogP contribution in [0.25, 0.3) is 70.9 Å². The first-order valence-electron chi connectivity index (χ1n) is 37.1. The number of carbonyl (C=O) groups is 2. The zero-order valence-corrected chi connectivity index (χ0v) is 76.1. The first-order chi connectivity index (χ1) is 55.7. The van der Waals surface area contributed by atoms with Crippen LogP contribution in [0.5, 0.6) is 40.2 Å². The van der Waals surface area contributed by atoms with E-state index in [0.717, 1.165) is 132 Å². The van der Waals surface area contributed by atoms with Crippen molar-refractivity contribution in [3.05, 3.63) is 272 Å². The second kappa shape index (κ2) is 48.5. The van der Waals surface area contributed by atoms with Crippen molar-refractivity contribution >= 4 is 143 Å². The third-order valence-electron chi connectivity index (χ3n) is 17.2.